The monoisotopic (exact) mass is 390 g/mol. The molecule has 0 fully saturated rings. The van der Waals surface area contributed by atoms with Gasteiger partial charge in [0.25, 0.3) is 0 Å². The van der Waals surface area contributed by atoms with Crippen molar-refractivity contribution in [1.82, 2.24) is 30.3 Å². The number of fused-ring (bicyclic) bond motifs is 1. The Kier molecular flexibility index (Phi) is 7.85. The van der Waals surface area contributed by atoms with Crippen molar-refractivity contribution in [3.8, 4) is 0 Å². The fourth-order valence-electron chi connectivity index (χ4n) is 2.73. The lowest BCUT2D eigenvalue weighted by molar-refractivity contribution is -0.133. The first-order valence-electron chi connectivity index (χ1n) is 7.86. The van der Waals surface area contributed by atoms with Crippen LogP contribution in [0.1, 0.15) is 43.0 Å². The number of hydrogen-bond donors (Lipinski definition) is 2. The minimum Gasteiger partial charge on any atom is -0.348 e. The lowest BCUT2D eigenvalue weighted by Crippen LogP contribution is -2.42. The minimum atomic E-state index is -0.423. The number of nitrogens with one attached hydrogen (secondary N) is 2. The quantitative estimate of drug-likeness (QED) is 0.805. The second-order valence-corrected chi connectivity index (χ2v) is 6.30. The van der Waals surface area contributed by atoms with Crippen LogP contribution in [0.4, 0.5) is 0 Å². The van der Waals surface area contributed by atoms with E-state index in [4.69, 9.17) is 4.52 Å². The number of H-pyrrole nitrogens is 1. The van der Waals surface area contributed by atoms with Crippen LogP contribution >= 0.6 is 24.8 Å². The first kappa shape index (κ1) is 21.4. The Balaban J connectivity index is 0.00000156. The minimum absolute atomic E-state index is 0. The molecule has 3 heterocycles. The molecule has 0 aliphatic carbocycles. The van der Waals surface area contributed by atoms with Gasteiger partial charge in [-0.05, 0) is 5.92 Å². The van der Waals surface area contributed by atoms with Crippen molar-refractivity contribution >= 4 is 30.7 Å². The Morgan fingerprint density at radius 1 is 1.44 bits per heavy atom. The maximum absolute atomic E-state index is 12.7. The van der Waals surface area contributed by atoms with Crippen LogP contribution in [0.5, 0.6) is 0 Å². The summed E-state index contributed by atoms with van der Waals surface area (Å²) in [6.07, 6.45) is 3.25. The van der Waals surface area contributed by atoms with Gasteiger partial charge in [0.2, 0.25) is 11.8 Å². The van der Waals surface area contributed by atoms with E-state index in [9.17, 15) is 4.79 Å². The second kappa shape index (κ2) is 9.17. The van der Waals surface area contributed by atoms with Crippen LogP contribution in [0.15, 0.2) is 10.9 Å². The van der Waals surface area contributed by atoms with E-state index in [-0.39, 0.29) is 30.7 Å². The molecular formula is C15H24Cl2N6O2. The van der Waals surface area contributed by atoms with Gasteiger partial charge in [-0.2, -0.15) is 4.98 Å². The van der Waals surface area contributed by atoms with E-state index in [1.165, 1.54) is 0 Å². The molecule has 0 bridgehead atoms. The molecule has 2 aromatic rings. The zero-order chi connectivity index (χ0) is 16.4. The summed E-state index contributed by atoms with van der Waals surface area (Å²) in [4.78, 5) is 26.0. The van der Waals surface area contributed by atoms with Crippen molar-refractivity contribution in [2.75, 3.05) is 13.6 Å². The van der Waals surface area contributed by atoms with Gasteiger partial charge >= 0.3 is 0 Å². The first-order chi connectivity index (χ1) is 11.0. The van der Waals surface area contributed by atoms with Crippen molar-refractivity contribution in [2.24, 2.45) is 5.92 Å². The third-order valence-electron chi connectivity index (χ3n) is 3.85. The molecule has 10 heteroatoms. The van der Waals surface area contributed by atoms with Crippen molar-refractivity contribution in [3.63, 3.8) is 0 Å². The van der Waals surface area contributed by atoms with Crippen LogP contribution in [-0.2, 0) is 24.2 Å². The second-order valence-electron chi connectivity index (χ2n) is 6.30. The number of carbonyl (C=O) groups excluding carboxylic acids is 1. The Morgan fingerprint density at radius 2 is 2.20 bits per heavy atom. The maximum Gasteiger partial charge on any atom is 0.246 e. The molecule has 1 atom stereocenters. The number of imidazole rings is 1. The van der Waals surface area contributed by atoms with E-state index >= 15 is 0 Å². The third kappa shape index (κ3) is 4.93. The van der Waals surface area contributed by atoms with Crippen LogP contribution < -0.4 is 5.32 Å². The summed E-state index contributed by atoms with van der Waals surface area (Å²) < 4.78 is 5.23. The summed E-state index contributed by atoms with van der Waals surface area (Å²) in [7, 11) is 1.73. The van der Waals surface area contributed by atoms with Gasteiger partial charge in [-0.15, -0.1) is 24.8 Å². The number of hydrogen-bond acceptors (Lipinski definition) is 6. The number of nitrogens with zero attached hydrogens (tertiary/aromatic N) is 4. The van der Waals surface area contributed by atoms with E-state index in [0.717, 1.165) is 30.8 Å². The van der Waals surface area contributed by atoms with Crippen LogP contribution in [0.2, 0.25) is 0 Å². The zero-order valence-electron chi connectivity index (χ0n) is 14.5. The Labute approximate surface area is 159 Å². The van der Waals surface area contributed by atoms with Crippen LogP contribution in [0.3, 0.4) is 0 Å². The average Bonchev–Trinajstić information content (AvgIpc) is 3.14. The lowest BCUT2D eigenvalue weighted by atomic mass is 10.0. The number of aromatic nitrogens is 4. The third-order valence-corrected chi connectivity index (χ3v) is 3.85. The highest BCUT2D eigenvalue weighted by molar-refractivity contribution is 5.85. The topological polar surface area (TPSA) is 99.9 Å². The molecule has 3 rings (SSSR count). The molecule has 8 nitrogen and oxygen atoms in total. The van der Waals surface area contributed by atoms with E-state index < -0.39 is 6.04 Å². The van der Waals surface area contributed by atoms with Gasteiger partial charge in [0.05, 0.1) is 18.6 Å². The molecule has 1 aliphatic rings. The number of rotatable bonds is 5. The molecule has 0 spiro atoms. The summed E-state index contributed by atoms with van der Waals surface area (Å²) in [6.45, 7) is 5.24. The van der Waals surface area contributed by atoms with E-state index in [1.54, 1.807) is 18.3 Å². The molecule has 140 valence electrons. The number of carbonyl (C=O) groups is 1. The SMILES string of the molecule is CC(C)Cc1noc(CN(C)C(=O)C2NCCc3[nH]cnc32)n1.Cl.Cl. The lowest BCUT2D eigenvalue weighted by Gasteiger charge is -2.26. The van der Waals surface area contributed by atoms with Crippen molar-refractivity contribution < 1.29 is 9.32 Å². The Morgan fingerprint density at radius 3 is 2.92 bits per heavy atom. The van der Waals surface area contributed by atoms with E-state index in [2.05, 4.69) is 39.3 Å². The maximum atomic E-state index is 12.7. The Hall–Kier alpha value is -1.64. The number of amides is 1. The molecule has 0 saturated heterocycles. The van der Waals surface area contributed by atoms with Gasteiger partial charge in [0, 0.05) is 32.1 Å². The zero-order valence-corrected chi connectivity index (χ0v) is 16.1. The van der Waals surface area contributed by atoms with Gasteiger partial charge in [0.1, 0.15) is 6.04 Å². The molecule has 25 heavy (non-hydrogen) atoms. The van der Waals surface area contributed by atoms with Crippen molar-refractivity contribution in [1.29, 1.82) is 0 Å². The Bertz CT molecular complexity index is 687. The van der Waals surface area contributed by atoms with Crippen LogP contribution in [-0.4, -0.2) is 44.5 Å². The average molecular weight is 391 g/mol. The van der Waals surface area contributed by atoms with Gasteiger partial charge in [-0.1, -0.05) is 19.0 Å². The van der Waals surface area contributed by atoms with Gasteiger partial charge in [-0.25, -0.2) is 4.98 Å². The van der Waals surface area contributed by atoms with E-state index in [1.807, 2.05) is 0 Å². The molecular weight excluding hydrogens is 367 g/mol. The highest BCUT2D eigenvalue weighted by atomic mass is 35.5. The molecule has 0 radical (unpaired) electrons. The van der Waals surface area contributed by atoms with Crippen LogP contribution in [0.25, 0.3) is 0 Å². The molecule has 2 aromatic heterocycles. The molecule has 1 amide bonds. The molecule has 1 unspecified atom stereocenters. The van der Waals surface area contributed by atoms with Crippen LogP contribution in [0, 0.1) is 5.92 Å². The summed E-state index contributed by atoms with van der Waals surface area (Å²) in [5.74, 6) is 1.54. The smallest absolute Gasteiger partial charge is 0.246 e. The first-order valence-corrected chi connectivity index (χ1v) is 7.86. The fourth-order valence-corrected chi connectivity index (χ4v) is 2.73. The molecule has 0 aromatic carbocycles. The number of likely N-dealkylation sites (N-methyl/N-ethyl adjacent to an activating group) is 1. The van der Waals surface area contributed by atoms with Gasteiger partial charge in [0.15, 0.2) is 5.82 Å². The predicted octanol–water partition coefficient (Wildman–Crippen LogP) is 1.68. The highest BCUT2D eigenvalue weighted by Gasteiger charge is 2.31. The standard InChI is InChI=1S/C15H22N6O2.2ClH/c1-9(2)6-11-19-12(23-20-11)7-21(3)15(22)14-13-10(4-5-16-14)17-8-18-13;;/h8-9,14,16H,4-7H2,1-3H3,(H,17,18);2*1H. The van der Waals surface area contributed by atoms with E-state index in [0.29, 0.717) is 24.2 Å². The largest absolute Gasteiger partial charge is 0.348 e. The normalized spacial score (nSPS) is 15.9. The number of aromatic amines is 1. The highest BCUT2D eigenvalue weighted by Crippen LogP contribution is 2.21. The summed E-state index contributed by atoms with van der Waals surface area (Å²) in [5, 5.41) is 7.17. The summed E-state index contributed by atoms with van der Waals surface area (Å²) in [5.41, 5.74) is 1.80. The number of halogens is 2. The van der Waals surface area contributed by atoms with Gasteiger partial charge < -0.3 is 19.7 Å². The van der Waals surface area contributed by atoms with Gasteiger partial charge in [-0.3, -0.25) is 4.79 Å². The van der Waals surface area contributed by atoms with Crippen molar-refractivity contribution in [2.45, 2.75) is 39.3 Å². The molecule has 1 aliphatic heterocycles. The fraction of sp³-hybridized carbons (Fsp3) is 0.600. The molecule has 2 N–H and O–H groups in total. The summed E-state index contributed by atoms with van der Waals surface area (Å²) >= 11 is 0. The summed E-state index contributed by atoms with van der Waals surface area (Å²) in [6, 6.07) is -0.423. The predicted molar refractivity (Wildman–Crippen MR) is 96.8 cm³/mol. The molecule has 0 saturated carbocycles. The van der Waals surface area contributed by atoms with Crippen molar-refractivity contribution in [3.05, 3.63) is 29.4 Å².